The van der Waals surface area contributed by atoms with Crippen LogP contribution in [0.15, 0.2) is 42.8 Å². The van der Waals surface area contributed by atoms with Crippen LogP contribution in [-0.2, 0) is 11.3 Å². The van der Waals surface area contributed by atoms with Gasteiger partial charge in [0.15, 0.2) is 0 Å². The zero-order valence-corrected chi connectivity index (χ0v) is 10.7. The molecule has 1 rings (SSSR count). The first-order chi connectivity index (χ1) is 8.26. The average Bonchev–Trinajstić information content (AvgIpc) is 2.79. The number of carbonyl (C=O) groups is 1. The molecule has 0 aliphatic rings. The summed E-state index contributed by atoms with van der Waals surface area (Å²) in [6.07, 6.45) is 3.49. The van der Waals surface area contributed by atoms with Crippen molar-refractivity contribution in [3.63, 3.8) is 0 Å². The summed E-state index contributed by atoms with van der Waals surface area (Å²) >= 11 is 1.70. The van der Waals surface area contributed by atoms with Crippen molar-refractivity contribution in [3.8, 4) is 0 Å². The number of amides is 1. The Hall–Kier alpha value is -1.39. The number of nitrogens with zero attached hydrogens (tertiary/aromatic N) is 1. The van der Waals surface area contributed by atoms with Crippen LogP contribution in [0, 0.1) is 0 Å². The third kappa shape index (κ3) is 5.47. The Balaban J connectivity index is 2.44. The maximum atomic E-state index is 11.6. The molecule has 3 nitrogen and oxygen atoms in total. The number of hydrogen-bond donors (Lipinski definition) is 1. The first-order valence-electron chi connectivity index (χ1n) is 5.49. The molecule has 92 valence electrons. The third-order valence-corrected chi connectivity index (χ3v) is 3.02. The molecule has 0 unspecified atom stereocenters. The van der Waals surface area contributed by atoms with E-state index in [1.165, 1.54) is 4.88 Å². The Kier molecular flexibility index (Phi) is 6.29. The summed E-state index contributed by atoms with van der Waals surface area (Å²) < 4.78 is 0. The van der Waals surface area contributed by atoms with Gasteiger partial charge in [-0.1, -0.05) is 18.2 Å². The summed E-state index contributed by atoms with van der Waals surface area (Å²) in [5.74, 6) is 0.0170. The van der Waals surface area contributed by atoms with Gasteiger partial charge in [-0.05, 0) is 11.4 Å². The Morgan fingerprint density at radius 2 is 2.29 bits per heavy atom. The van der Waals surface area contributed by atoms with E-state index in [1.54, 1.807) is 17.4 Å². The van der Waals surface area contributed by atoms with Crippen molar-refractivity contribution in [2.45, 2.75) is 6.54 Å². The Labute approximate surface area is 106 Å². The zero-order valence-electron chi connectivity index (χ0n) is 9.89. The van der Waals surface area contributed by atoms with Crippen molar-refractivity contribution in [3.05, 3.63) is 47.7 Å². The van der Waals surface area contributed by atoms with E-state index in [4.69, 9.17) is 0 Å². The van der Waals surface area contributed by atoms with E-state index in [2.05, 4.69) is 29.4 Å². The summed E-state index contributed by atoms with van der Waals surface area (Å²) in [6, 6.07) is 4.09. The predicted molar refractivity (Wildman–Crippen MR) is 73.0 cm³/mol. The van der Waals surface area contributed by atoms with Gasteiger partial charge in [0, 0.05) is 24.5 Å². The van der Waals surface area contributed by atoms with Gasteiger partial charge in [0.2, 0.25) is 5.91 Å². The molecular weight excluding hydrogens is 232 g/mol. The molecule has 0 fully saturated rings. The second-order valence-electron chi connectivity index (χ2n) is 3.63. The molecule has 0 saturated carbocycles. The van der Waals surface area contributed by atoms with Gasteiger partial charge in [-0.15, -0.1) is 24.5 Å². The molecular formula is C13H18N2OS. The van der Waals surface area contributed by atoms with Crippen molar-refractivity contribution in [1.29, 1.82) is 0 Å². The zero-order chi connectivity index (χ0) is 12.5. The largest absolute Gasteiger partial charge is 0.352 e. The fraction of sp³-hybridized carbons (Fsp3) is 0.308. The van der Waals surface area contributed by atoms with E-state index in [0.717, 1.165) is 6.54 Å². The van der Waals surface area contributed by atoms with E-state index in [0.29, 0.717) is 19.6 Å². The van der Waals surface area contributed by atoms with Gasteiger partial charge in [0.05, 0.1) is 6.54 Å². The fourth-order valence-corrected chi connectivity index (χ4v) is 2.18. The highest BCUT2D eigenvalue weighted by Gasteiger charge is 2.09. The topological polar surface area (TPSA) is 32.3 Å². The molecule has 1 aromatic heterocycles. The first-order valence-corrected chi connectivity index (χ1v) is 6.37. The number of hydrogen-bond acceptors (Lipinski definition) is 3. The van der Waals surface area contributed by atoms with Crippen LogP contribution >= 0.6 is 11.3 Å². The number of thiophene rings is 1. The highest BCUT2D eigenvalue weighted by Crippen LogP contribution is 2.11. The van der Waals surface area contributed by atoms with Crippen LogP contribution < -0.4 is 5.32 Å². The number of carbonyl (C=O) groups excluding carboxylic acids is 1. The lowest BCUT2D eigenvalue weighted by atomic mass is 10.3. The predicted octanol–water partition coefficient (Wildman–Crippen LogP) is 2.04. The highest BCUT2D eigenvalue weighted by atomic mass is 32.1. The van der Waals surface area contributed by atoms with E-state index in [-0.39, 0.29) is 5.91 Å². The maximum absolute atomic E-state index is 11.6. The van der Waals surface area contributed by atoms with Gasteiger partial charge in [-0.2, -0.15) is 0 Å². The van der Waals surface area contributed by atoms with Crippen molar-refractivity contribution in [1.82, 2.24) is 10.2 Å². The molecule has 1 amide bonds. The van der Waals surface area contributed by atoms with Crippen LogP contribution in [0.5, 0.6) is 0 Å². The minimum Gasteiger partial charge on any atom is -0.352 e. The molecule has 0 aromatic carbocycles. The van der Waals surface area contributed by atoms with Crippen LogP contribution in [0.25, 0.3) is 0 Å². The first kappa shape index (κ1) is 13.7. The number of nitrogens with one attached hydrogen (secondary N) is 1. The molecule has 1 N–H and O–H groups in total. The van der Waals surface area contributed by atoms with Gasteiger partial charge >= 0.3 is 0 Å². The van der Waals surface area contributed by atoms with Crippen LogP contribution in [0.2, 0.25) is 0 Å². The van der Waals surface area contributed by atoms with Crippen molar-refractivity contribution in [2.24, 2.45) is 0 Å². The SMILES string of the molecule is C=CCNC(=O)CN(CC=C)Cc1cccs1. The van der Waals surface area contributed by atoms with Gasteiger partial charge < -0.3 is 5.32 Å². The molecule has 0 aliphatic heterocycles. The summed E-state index contributed by atoms with van der Waals surface area (Å²) in [5.41, 5.74) is 0. The minimum absolute atomic E-state index is 0.0170. The van der Waals surface area contributed by atoms with Crippen LogP contribution in [0.4, 0.5) is 0 Å². The maximum Gasteiger partial charge on any atom is 0.234 e. The molecule has 0 radical (unpaired) electrons. The fourth-order valence-electron chi connectivity index (χ4n) is 1.44. The van der Waals surface area contributed by atoms with Gasteiger partial charge in [-0.3, -0.25) is 9.69 Å². The molecule has 1 aromatic rings. The summed E-state index contributed by atoms with van der Waals surface area (Å²) in [4.78, 5) is 14.9. The molecule has 0 saturated heterocycles. The normalized spacial score (nSPS) is 10.2. The Morgan fingerprint density at radius 3 is 2.88 bits per heavy atom. The van der Waals surface area contributed by atoms with Crippen LogP contribution in [0.3, 0.4) is 0 Å². The Morgan fingerprint density at radius 1 is 1.47 bits per heavy atom. The quantitative estimate of drug-likeness (QED) is 0.716. The summed E-state index contributed by atoms with van der Waals surface area (Å²) in [5, 5.41) is 4.81. The molecule has 0 spiro atoms. The molecule has 0 bridgehead atoms. The molecule has 0 atom stereocenters. The van der Waals surface area contributed by atoms with E-state index < -0.39 is 0 Å². The van der Waals surface area contributed by atoms with Crippen molar-refractivity contribution >= 4 is 17.2 Å². The number of rotatable bonds is 8. The van der Waals surface area contributed by atoms with Gasteiger partial charge in [0.25, 0.3) is 0 Å². The van der Waals surface area contributed by atoms with E-state index in [1.807, 2.05) is 17.5 Å². The second kappa shape index (κ2) is 7.81. The lowest BCUT2D eigenvalue weighted by Crippen LogP contribution is -2.36. The lowest BCUT2D eigenvalue weighted by molar-refractivity contribution is -0.122. The third-order valence-electron chi connectivity index (χ3n) is 2.16. The second-order valence-corrected chi connectivity index (χ2v) is 4.66. The molecule has 4 heteroatoms. The minimum atomic E-state index is 0.0170. The van der Waals surface area contributed by atoms with Crippen molar-refractivity contribution in [2.75, 3.05) is 19.6 Å². The molecule has 0 aliphatic carbocycles. The van der Waals surface area contributed by atoms with Crippen LogP contribution in [0.1, 0.15) is 4.88 Å². The summed E-state index contributed by atoms with van der Waals surface area (Å²) in [6.45, 7) is 9.67. The summed E-state index contributed by atoms with van der Waals surface area (Å²) in [7, 11) is 0. The van der Waals surface area contributed by atoms with Crippen molar-refractivity contribution < 1.29 is 4.79 Å². The monoisotopic (exact) mass is 250 g/mol. The molecule has 17 heavy (non-hydrogen) atoms. The smallest absolute Gasteiger partial charge is 0.234 e. The molecule has 1 heterocycles. The van der Waals surface area contributed by atoms with Gasteiger partial charge in [0.1, 0.15) is 0 Å². The van der Waals surface area contributed by atoms with Gasteiger partial charge in [-0.25, -0.2) is 0 Å². The standard InChI is InChI=1S/C13H18N2OS/c1-3-7-14-13(16)11-15(8-4-2)10-12-6-5-9-17-12/h3-6,9H,1-2,7-8,10-11H2,(H,14,16). The lowest BCUT2D eigenvalue weighted by Gasteiger charge is -2.19. The highest BCUT2D eigenvalue weighted by molar-refractivity contribution is 7.09. The van der Waals surface area contributed by atoms with Crippen LogP contribution in [-0.4, -0.2) is 30.4 Å². The average molecular weight is 250 g/mol. The Bertz CT molecular complexity index is 360. The van der Waals surface area contributed by atoms with E-state index >= 15 is 0 Å². The van der Waals surface area contributed by atoms with E-state index in [9.17, 15) is 4.79 Å².